The minimum Gasteiger partial charge on any atom is -0.507 e. The number of amides is 1. The smallest absolute Gasteiger partial charge is 0.295 e. The van der Waals surface area contributed by atoms with E-state index in [9.17, 15) is 14.7 Å². The number of ether oxygens (including phenoxy) is 3. The van der Waals surface area contributed by atoms with Crippen LogP contribution in [0.5, 0.6) is 17.2 Å². The van der Waals surface area contributed by atoms with E-state index in [-0.39, 0.29) is 17.4 Å². The Labute approximate surface area is 206 Å². The van der Waals surface area contributed by atoms with E-state index >= 15 is 0 Å². The monoisotopic (exact) mass is 482 g/mol. The van der Waals surface area contributed by atoms with E-state index in [1.165, 1.54) is 19.1 Å². The normalized spacial score (nSPS) is 17.4. The van der Waals surface area contributed by atoms with Gasteiger partial charge in [0, 0.05) is 12.1 Å². The lowest BCUT2D eigenvalue weighted by atomic mass is 9.95. The maximum absolute atomic E-state index is 13.2. The third-order valence-electron chi connectivity index (χ3n) is 5.77. The van der Waals surface area contributed by atoms with Crippen LogP contribution in [0.2, 0.25) is 0 Å². The predicted molar refractivity (Wildman–Crippen MR) is 134 cm³/mol. The number of Topliss-reactive ketones (excluding diaryl/α,β-unsaturated/α-hetero) is 1. The molecule has 1 aliphatic rings. The Morgan fingerprint density at radius 3 is 2.26 bits per heavy atom. The second-order valence-electron chi connectivity index (χ2n) is 8.95. The molecule has 8 heteroatoms. The Kier molecular flexibility index (Phi) is 8.40. The number of carbonyl (C=O) groups excluding carboxylic acids is 2. The van der Waals surface area contributed by atoms with Crippen LogP contribution in [0.1, 0.15) is 37.4 Å². The van der Waals surface area contributed by atoms with Gasteiger partial charge in [0.1, 0.15) is 11.5 Å². The number of aliphatic hydroxyl groups is 1. The Morgan fingerprint density at radius 2 is 1.69 bits per heavy atom. The lowest BCUT2D eigenvalue weighted by Crippen LogP contribution is -2.32. The summed E-state index contributed by atoms with van der Waals surface area (Å²) in [6, 6.07) is 11.3. The molecule has 2 aromatic carbocycles. The first-order chi connectivity index (χ1) is 16.7. The van der Waals surface area contributed by atoms with E-state index in [4.69, 9.17) is 14.2 Å². The highest BCUT2D eigenvalue weighted by Crippen LogP contribution is 2.42. The number of carbonyl (C=O) groups is 2. The summed E-state index contributed by atoms with van der Waals surface area (Å²) in [4.78, 5) is 29.8. The van der Waals surface area contributed by atoms with Crippen molar-refractivity contribution in [3.8, 4) is 17.2 Å². The summed E-state index contributed by atoms with van der Waals surface area (Å²) in [5, 5.41) is 11.2. The lowest BCUT2D eigenvalue weighted by Gasteiger charge is -2.26. The summed E-state index contributed by atoms with van der Waals surface area (Å²) < 4.78 is 16.5. The molecule has 2 aromatic rings. The highest BCUT2D eigenvalue weighted by Gasteiger charge is 2.46. The first-order valence-corrected chi connectivity index (χ1v) is 11.6. The first-order valence-electron chi connectivity index (χ1n) is 11.6. The maximum Gasteiger partial charge on any atom is 0.295 e. The average molecular weight is 483 g/mol. The lowest BCUT2D eigenvalue weighted by molar-refractivity contribution is -0.139. The quantitative estimate of drug-likeness (QED) is 0.312. The standard InChI is InChI=1S/C27H34N2O6/c1-17(2)35-20-11-8-18(9-12-20)25(30)23-24(19-10-13-21(33-5)22(16-19)34-6)29(27(32)26(23)31)15-7-14-28(3)4/h8-13,16-17,24,30H,7,14-15H2,1-6H3/b25-23+/t24-/m0/s1. The molecule has 0 spiro atoms. The van der Waals surface area contributed by atoms with Crippen molar-refractivity contribution in [3.05, 3.63) is 59.2 Å². The zero-order valence-electron chi connectivity index (χ0n) is 21.2. The summed E-state index contributed by atoms with van der Waals surface area (Å²) in [5.74, 6) is 0.0755. The van der Waals surface area contributed by atoms with Crippen LogP contribution in [-0.2, 0) is 9.59 Å². The molecule has 1 amide bonds. The van der Waals surface area contributed by atoms with Crippen molar-refractivity contribution >= 4 is 17.4 Å². The molecule has 1 heterocycles. The van der Waals surface area contributed by atoms with Crippen LogP contribution in [0.3, 0.4) is 0 Å². The van der Waals surface area contributed by atoms with E-state index < -0.39 is 17.7 Å². The third-order valence-corrected chi connectivity index (χ3v) is 5.77. The molecule has 0 aromatic heterocycles. The second-order valence-corrected chi connectivity index (χ2v) is 8.95. The molecular weight excluding hydrogens is 448 g/mol. The van der Waals surface area contributed by atoms with Crippen LogP contribution < -0.4 is 14.2 Å². The van der Waals surface area contributed by atoms with Crippen LogP contribution >= 0.6 is 0 Å². The van der Waals surface area contributed by atoms with Crippen molar-refractivity contribution in [3.63, 3.8) is 0 Å². The fourth-order valence-corrected chi connectivity index (χ4v) is 4.16. The number of hydrogen-bond donors (Lipinski definition) is 1. The Morgan fingerprint density at radius 1 is 1.03 bits per heavy atom. The number of ketones is 1. The molecule has 0 unspecified atom stereocenters. The Bertz CT molecular complexity index is 1090. The van der Waals surface area contributed by atoms with Crippen LogP contribution in [0, 0.1) is 0 Å². The summed E-state index contributed by atoms with van der Waals surface area (Å²) in [7, 11) is 6.97. The molecule has 1 saturated heterocycles. The zero-order chi connectivity index (χ0) is 25.7. The highest BCUT2D eigenvalue weighted by molar-refractivity contribution is 6.46. The number of hydrogen-bond acceptors (Lipinski definition) is 7. The molecule has 188 valence electrons. The van der Waals surface area contributed by atoms with Gasteiger partial charge < -0.3 is 29.1 Å². The number of methoxy groups -OCH3 is 2. The molecule has 0 aliphatic carbocycles. The largest absolute Gasteiger partial charge is 0.507 e. The number of benzene rings is 2. The highest BCUT2D eigenvalue weighted by atomic mass is 16.5. The molecule has 1 aliphatic heterocycles. The van der Waals surface area contributed by atoms with Crippen LogP contribution in [-0.4, -0.2) is 74.1 Å². The number of nitrogens with zero attached hydrogens (tertiary/aromatic N) is 2. The molecule has 1 N–H and O–H groups in total. The SMILES string of the molecule is COc1ccc([C@H]2/C(=C(\O)c3ccc(OC(C)C)cc3)C(=O)C(=O)N2CCCN(C)C)cc1OC. The fourth-order valence-electron chi connectivity index (χ4n) is 4.16. The summed E-state index contributed by atoms with van der Waals surface area (Å²) in [5.41, 5.74) is 1.12. The molecule has 0 bridgehead atoms. The van der Waals surface area contributed by atoms with E-state index in [0.29, 0.717) is 41.3 Å². The van der Waals surface area contributed by atoms with Gasteiger partial charge in [-0.25, -0.2) is 0 Å². The van der Waals surface area contributed by atoms with Gasteiger partial charge in [-0.3, -0.25) is 9.59 Å². The molecule has 3 rings (SSSR count). The predicted octanol–water partition coefficient (Wildman–Crippen LogP) is 3.86. The Hall–Kier alpha value is -3.52. The molecule has 8 nitrogen and oxygen atoms in total. The molecule has 35 heavy (non-hydrogen) atoms. The summed E-state index contributed by atoms with van der Waals surface area (Å²) in [6.45, 7) is 4.96. The van der Waals surface area contributed by atoms with E-state index in [1.54, 1.807) is 42.5 Å². The van der Waals surface area contributed by atoms with Crippen LogP contribution in [0.25, 0.3) is 5.76 Å². The molecular formula is C27H34N2O6. The van der Waals surface area contributed by atoms with Gasteiger partial charge in [-0.05, 0) is 82.9 Å². The van der Waals surface area contributed by atoms with Crippen molar-refractivity contribution in [2.45, 2.75) is 32.4 Å². The fraction of sp³-hybridized carbons (Fsp3) is 0.407. The van der Waals surface area contributed by atoms with Crippen molar-refractivity contribution < 1.29 is 28.9 Å². The van der Waals surface area contributed by atoms with Crippen molar-refractivity contribution in [1.82, 2.24) is 9.80 Å². The van der Waals surface area contributed by atoms with Gasteiger partial charge in [0.15, 0.2) is 11.5 Å². The summed E-state index contributed by atoms with van der Waals surface area (Å²) >= 11 is 0. The molecule has 1 fully saturated rings. The summed E-state index contributed by atoms with van der Waals surface area (Å²) in [6.07, 6.45) is 0.678. The minimum atomic E-state index is -0.761. The van der Waals surface area contributed by atoms with Gasteiger partial charge in [0.05, 0.1) is 31.9 Å². The second kappa shape index (κ2) is 11.3. The van der Waals surface area contributed by atoms with Crippen molar-refractivity contribution in [2.75, 3.05) is 41.4 Å². The van der Waals surface area contributed by atoms with Crippen LogP contribution in [0.4, 0.5) is 0 Å². The van der Waals surface area contributed by atoms with Gasteiger partial charge in [0.25, 0.3) is 11.7 Å². The zero-order valence-corrected chi connectivity index (χ0v) is 21.2. The van der Waals surface area contributed by atoms with Gasteiger partial charge >= 0.3 is 0 Å². The minimum absolute atomic E-state index is 0.00647. The van der Waals surface area contributed by atoms with Crippen molar-refractivity contribution in [2.24, 2.45) is 0 Å². The topological polar surface area (TPSA) is 88.5 Å². The van der Waals surface area contributed by atoms with E-state index in [1.807, 2.05) is 32.8 Å². The van der Waals surface area contributed by atoms with E-state index in [2.05, 4.69) is 0 Å². The molecule has 1 atom stereocenters. The maximum atomic E-state index is 13.2. The van der Waals surface area contributed by atoms with E-state index in [0.717, 1.165) is 6.54 Å². The van der Waals surface area contributed by atoms with Crippen LogP contribution in [0.15, 0.2) is 48.0 Å². The van der Waals surface area contributed by atoms with Gasteiger partial charge in [-0.2, -0.15) is 0 Å². The first kappa shape index (κ1) is 26.1. The molecule has 0 saturated carbocycles. The molecule has 0 radical (unpaired) electrons. The van der Waals surface area contributed by atoms with Gasteiger partial charge in [-0.1, -0.05) is 6.07 Å². The Balaban J connectivity index is 2.09. The number of likely N-dealkylation sites (tertiary alicyclic amines) is 1. The number of rotatable bonds is 10. The van der Waals surface area contributed by atoms with Gasteiger partial charge in [-0.15, -0.1) is 0 Å². The van der Waals surface area contributed by atoms with Crippen molar-refractivity contribution in [1.29, 1.82) is 0 Å². The third kappa shape index (κ3) is 5.77. The average Bonchev–Trinajstić information content (AvgIpc) is 3.08. The van der Waals surface area contributed by atoms with Gasteiger partial charge in [0.2, 0.25) is 0 Å². The number of aliphatic hydroxyl groups excluding tert-OH is 1.